The molecule has 4 rings (SSSR count). The van der Waals surface area contributed by atoms with Gasteiger partial charge in [-0.3, -0.25) is 0 Å². The second kappa shape index (κ2) is 9.92. The minimum atomic E-state index is -5.08. The number of hydrogen-bond donors (Lipinski definition) is 2. The molecule has 0 radical (unpaired) electrons. The summed E-state index contributed by atoms with van der Waals surface area (Å²) < 4.78 is 69.6. The molecule has 0 aliphatic carbocycles. The van der Waals surface area contributed by atoms with Crippen molar-refractivity contribution < 1.29 is 45.8 Å². The third-order valence-corrected chi connectivity index (χ3v) is 7.53. The maximum atomic E-state index is 12.9. The minimum absolute atomic E-state index is 0.193. The maximum Gasteiger partial charge on any atom is 0.490 e. The fraction of sp³-hybridized carbons (Fsp3) is 0.524. The highest BCUT2D eigenvalue weighted by Gasteiger charge is 2.38. The first-order chi connectivity index (χ1) is 15.8. The van der Waals surface area contributed by atoms with Crippen LogP contribution in [0.3, 0.4) is 0 Å². The van der Waals surface area contributed by atoms with Crippen molar-refractivity contribution in [3.05, 3.63) is 36.0 Å². The number of nitrogens with one attached hydrogen (secondary N) is 1. The van der Waals surface area contributed by atoms with Crippen LogP contribution in [0.15, 0.2) is 30.5 Å². The van der Waals surface area contributed by atoms with Gasteiger partial charge in [0.05, 0.1) is 29.5 Å². The standard InChI is InChI=1S/C19H24N2O5S.C2HF3O2/c1-12(2)27(23,24)21-9-17(16-5-3-4-6-18(16)21)19(22)26-15-7-13-10-25-11-14(8-15)20-13;3-2(4,5)1(6)7/h3-6,9,12-15,20H,7-8,10-11H2,1-2H3;(H,6,7)/t13-,14+,15-;. The van der Waals surface area contributed by atoms with E-state index in [-0.39, 0.29) is 23.8 Å². The molecule has 0 spiro atoms. The molecule has 2 fully saturated rings. The Labute approximate surface area is 193 Å². The van der Waals surface area contributed by atoms with Crippen molar-refractivity contribution in [1.82, 2.24) is 9.29 Å². The van der Waals surface area contributed by atoms with E-state index in [2.05, 4.69) is 5.32 Å². The van der Waals surface area contributed by atoms with Crippen LogP contribution in [0, 0.1) is 0 Å². The van der Waals surface area contributed by atoms with Gasteiger partial charge in [-0.1, -0.05) is 18.2 Å². The molecular formula is C21H25F3N2O7S. The number of hydrogen-bond acceptors (Lipinski definition) is 7. The number of alkyl halides is 3. The van der Waals surface area contributed by atoms with Crippen molar-refractivity contribution in [1.29, 1.82) is 0 Å². The van der Waals surface area contributed by atoms with Gasteiger partial charge in [0.25, 0.3) is 0 Å². The van der Waals surface area contributed by atoms with E-state index in [1.165, 1.54) is 10.2 Å². The van der Waals surface area contributed by atoms with Crippen molar-refractivity contribution >= 4 is 32.9 Å². The molecule has 2 aromatic rings. The van der Waals surface area contributed by atoms with Gasteiger partial charge in [-0.15, -0.1) is 0 Å². The molecule has 13 heteroatoms. The molecule has 0 amide bonds. The summed E-state index contributed by atoms with van der Waals surface area (Å²) in [5, 5.41) is 10.6. The molecule has 3 heterocycles. The number of para-hydroxylation sites is 1. The number of halogens is 3. The molecule has 0 saturated carbocycles. The predicted octanol–water partition coefficient (Wildman–Crippen LogP) is 2.54. The van der Waals surface area contributed by atoms with Crippen LogP contribution >= 0.6 is 0 Å². The number of carboxylic acid groups (broad SMARTS) is 1. The summed E-state index contributed by atoms with van der Waals surface area (Å²) >= 11 is 0. The molecule has 0 unspecified atom stereocenters. The van der Waals surface area contributed by atoms with Gasteiger partial charge in [0.2, 0.25) is 10.0 Å². The Bertz CT molecular complexity index is 1150. The number of carbonyl (C=O) groups is 2. The first-order valence-electron chi connectivity index (χ1n) is 10.5. The van der Waals surface area contributed by atoms with Gasteiger partial charge in [-0.05, 0) is 19.9 Å². The van der Waals surface area contributed by atoms with Crippen LogP contribution in [-0.2, 0) is 24.3 Å². The Morgan fingerprint density at radius 1 is 1.18 bits per heavy atom. The number of fused-ring (bicyclic) bond motifs is 3. The number of esters is 1. The lowest BCUT2D eigenvalue weighted by Gasteiger charge is -2.39. The third kappa shape index (κ3) is 5.70. The Morgan fingerprint density at radius 2 is 1.74 bits per heavy atom. The number of piperidine rings is 1. The number of aliphatic carboxylic acids is 1. The quantitative estimate of drug-likeness (QED) is 0.607. The molecule has 3 atom stereocenters. The fourth-order valence-electron chi connectivity index (χ4n) is 3.85. The van der Waals surface area contributed by atoms with Crippen LogP contribution in [0.25, 0.3) is 10.9 Å². The molecule has 2 saturated heterocycles. The molecule has 2 aliphatic rings. The summed E-state index contributed by atoms with van der Waals surface area (Å²) in [7, 11) is -3.58. The highest BCUT2D eigenvalue weighted by molar-refractivity contribution is 7.90. The van der Waals surface area contributed by atoms with E-state index in [1.54, 1.807) is 38.1 Å². The minimum Gasteiger partial charge on any atom is -0.475 e. The van der Waals surface area contributed by atoms with Crippen molar-refractivity contribution in [3.63, 3.8) is 0 Å². The number of carbonyl (C=O) groups excluding carboxylic acids is 1. The summed E-state index contributed by atoms with van der Waals surface area (Å²) in [5.41, 5.74) is 0.781. The Kier molecular flexibility index (Phi) is 7.58. The third-order valence-electron chi connectivity index (χ3n) is 5.49. The first-order valence-corrected chi connectivity index (χ1v) is 12.0. The van der Waals surface area contributed by atoms with E-state index in [9.17, 15) is 26.4 Å². The van der Waals surface area contributed by atoms with Gasteiger partial charge >= 0.3 is 18.1 Å². The normalized spacial score (nSPS) is 22.7. The lowest BCUT2D eigenvalue weighted by Crippen LogP contribution is -2.56. The van der Waals surface area contributed by atoms with Gasteiger partial charge in [0.15, 0.2) is 0 Å². The summed E-state index contributed by atoms with van der Waals surface area (Å²) in [5.74, 6) is -3.23. The molecule has 188 valence electrons. The number of ether oxygens (including phenoxy) is 2. The smallest absolute Gasteiger partial charge is 0.475 e. The zero-order chi connectivity index (χ0) is 25.3. The van der Waals surface area contributed by atoms with Crippen LogP contribution < -0.4 is 5.32 Å². The van der Waals surface area contributed by atoms with Crippen molar-refractivity contribution in [2.24, 2.45) is 0 Å². The van der Waals surface area contributed by atoms with E-state index in [1.807, 2.05) is 0 Å². The summed E-state index contributed by atoms with van der Waals surface area (Å²) in [4.78, 5) is 21.8. The first kappa shape index (κ1) is 26.0. The zero-order valence-corrected chi connectivity index (χ0v) is 19.2. The molecule has 1 aromatic carbocycles. The number of benzene rings is 1. The van der Waals surface area contributed by atoms with Crippen LogP contribution in [0.1, 0.15) is 37.0 Å². The van der Waals surface area contributed by atoms with E-state index < -0.39 is 33.4 Å². The van der Waals surface area contributed by atoms with Crippen molar-refractivity contribution in [3.8, 4) is 0 Å². The predicted molar refractivity (Wildman–Crippen MR) is 115 cm³/mol. The topological polar surface area (TPSA) is 124 Å². The monoisotopic (exact) mass is 506 g/mol. The lowest BCUT2D eigenvalue weighted by molar-refractivity contribution is -0.192. The number of aromatic nitrogens is 1. The molecule has 2 N–H and O–H groups in total. The van der Waals surface area contributed by atoms with Crippen LogP contribution in [0.4, 0.5) is 13.2 Å². The molecule has 2 aliphatic heterocycles. The molecule has 2 bridgehead atoms. The van der Waals surface area contributed by atoms with E-state index in [0.717, 1.165) is 0 Å². The highest BCUT2D eigenvalue weighted by Crippen LogP contribution is 2.27. The van der Waals surface area contributed by atoms with E-state index >= 15 is 0 Å². The van der Waals surface area contributed by atoms with E-state index in [4.69, 9.17) is 19.4 Å². The summed E-state index contributed by atoms with van der Waals surface area (Å²) in [6.45, 7) is 4.49. The summed E-state index contributed by atoms with van der Waals surface area (Å²) in [6.07, 6.45) is -2.48. The Morgan fingerprint density at radius 3 is 2.26 bits per heavy atom. The number of nitrogens with zero attached hydrogens (tertiary/aromatic N) is 1. The van der Waals surface area contributed by atoms with Gasteiger partial charge < -0.3 is 19.9 Å². The number of carboxylic acids is 1. The van der Waals surface area contributed by atoms with Gasteiger partial charge in [0, 0.05) is 36.5 Å². The maximum absolute atomic E-state index is 12.9. The van der Waals surface area contributed by atoms with Crippen LogP contribution in [0.2, 0.25) is 0 Å². The second-order valence-electron chi connectivity index (χ2n) is 8.35. The molecule has 34 heavy (non-hydrogen) atoms. The zero-order valence-electron chi connectivity index (χ0n) is 18.4. The SMILES string of the molecule is CC(C)S(=O)(=O)n1cc(C(=O)O[C@H]2C[C@H]3COC[C@@H](C2)N3)c2ccccc21.O=C(O)C(F)(F)F. The van der Waals surface area contributed by atoms with Crippen molar-refractivity contribution in [2.75, 3.05) is 13.2 Å². The van der Waals surface area contributed by atoms with Crippen LogP contribution in [-0.4, -0.2) is 72.3 Å². The fourth-order valence-corrected chi connectivity index (χ4v) is 4.99. The molecule has 1 aromatic heterocycles. The highest BCUT2D eigenvalue weighted by atomic mass is 32.2. The van der Waals surface area contributed by atoms with Crippen LogP contribution in [0.5, 0.6) is 0 Å². The Hall–Kier alpha value is -2.64. The average molecular weight is 506 g/mol. The number of rotatable bonds is 4. The molecule has 9 nitrogen and oxygen atoms in total. The van der Waals surface area contributed by atoms with E-state index in [0.29, 0.717) is 37.0 Å². The van der Waals surface area contributed by atoms with Gasteiger partial charge in [0.1, 0.15) is 6.10 Å². The largest absolute Gasteiger partial charge is 0.490 e. The Balaban J connectivity index is 0.000000406. The van der Waals surface area contributed by atoms with Gasteiger partial charge in [-0.25, -0.2) is 22.0 Å². The van der Waals surface area contributed by atoms with Gasteiger partial charge in [-0.2, -0.15) is 13.2 Å². The number of morpholine rings is 1. The average Bonchev–Trinajstić information content (AvgIpc) is 3.14. The lowest BCUT2D eigenvalue weighted by atomic mass is 9.94. The van der Waals surface area contributed by atoms with Crippen molar-refractivity contribution in [2.45, 2.75) is 56.3 Å². The summed E-state index contributed by atoms with van der Waals surface area (Å²) in [6, 6.07) is 7.40. The molecular weight excluding hydrogens is 481 g/mol. The second-order valence-corrected chi connectivity index (χ2v) is 10.7.